The third-order valence-corrected chi connectivity index (χ3v) is 6.35. The van der Waals surface area contributed by atoms with Crippen LogP contribution in [0.1, 0.15) is 73.1 Å². The van der Waals surface area contributed by atoms with E-state index in [0.717, 1.165) is 42.8 Å². The Balaban J connectivity index is 1.78. The zero-order valence-electron chi connectivity index (χ0n) is 18.3. The normalized spacial score (nSPS) is 15.0. The summed E-state index contributed by atoms with van der Waals surface area (Å²) in [6.07, 6.45) is 7.42. The maximum atomic E-state index is 13.6. The van der Waals surface area contributed by atoms with Crippen LogP contribution in [-0.2, 0) is 4.79 Å². The summed E-state index contributed by atoms with van der Waals surface area (Å²) in [5.74, 6) is -0.225. The summed E-state index contributed by atoms with van der Waals surface area (Å²) in [5.41, 5.74) is 2.64. The summed E-state index contributed by atoms with van der Waals surface area (Å²) in [5, 5.41) is 8.74. The van der Waals surface area contributed by atoms with Crippen molar-refractivity contribution in [2.24, 2.45) is 0 Å². The quantitative estimate of drug-likeness (QED) is 0.574. The van der Waals surface area contributed by atoms with Crippen molar-refractivity contribution in [1.82, 2.24) is 19.9 Å². The van der Waals surface area contributed by atoms with Crippen molar-refractivity contribution in [2.75, 3.05) is 4.90 Å². The van der Waals surface area contributed by atoms with Gasteiger partial charge in [0.05, 0.1) is 0 Å². The van der Waals surface area contributed by atoms with Crippen molar-refractivity contribution in [3.63, 3.8) is 0 Å². The smallest absolute Gasteiger partial charge is 0.280 e. The van der Waals surface area contributed by atoms with Gasteiger partial charge in [0.2, 0.25) is 5.91 Å². The fourth-order valence-electron chi connectivity index (χ4n) is 4.09. The summed E-state index contributed by atoms with van der Waals surface area (Å²) >= 11 is 1.11. The molecule has 2 aromatic heterocycles. The van der Waals surface area contributed by atoms with Gasteiger partial charge < -0.3 is 5.32 Å². The van der Waals surface area contributed by atoms with Gasteiger partial charge in [-0.1, -0.05) is 49.4 Å². The van der Waals surface area contributed by atoms with Crippen LogP contribution in [0.4, 0.5) is 5.69 Å². The first-order valence-corrected chi connectivity index (χ1v) is 11.8. The Morgan fingerprint density at radius 1 is 1.09 bits per heavy atom. The lowest BCUT2D eigenvalue weighted by atomic mass is 10.0. The molecule has 3 aromatic rings. The SMILES string of the molecule is CC(C)c1ccc(N(C(=O)c2csnn2)[C@@H](C(=O)NC2CCCC2)c2cccnc2)cc1. The molecule has 166 valence electrons. The van der Waals surface area contributed by atoms with E-state index in [9.17, 15) is 9.59 Å². The first-order valence-electron chi connectivity index (χ1n) is 11.0. The first-order chi connectivity index (χ1) is 15.5. The van der Waals surface area contributed by atoms with Gasteiger partial charge in [0.15, 0.2) is 5.69 Å². The van der Waals surface area contributed by atoms with Gasteiger partial charge in [0.1, 0.15) is 6.04 Å². The highest BCUT2D eigenvalue weighted by Crippen LogP contribution is 2.31. The average molecular weight is 450 g/mol. The van der Waals surface area contributed by atoms with Crippen molar-refractivity contribution < 1.29 is 9.59 Å². The van der Waals surface area contributed by atoms with Crippen molar-refractivity contribution in [3.8, 4) is 0 Å². The Labute approximate surface area is 192 Å². The van der Waals surface area contributed by atoms with Crippen LogP contribution in [-0.4, -0.2) is 32.4 Å². The van der Waals surface area contributed by atoms with E-state index in [2.05, 4.69) is 33.7 Å². The van der Waals surface area contributed by atoms with Crippen LogP contribution >= 0.6 is 11.5 Å². The minimum Gasteiger partial charge on any atom is -0.351 e. The molecule has 0 bridgehead atoms. The third-order valence-electron chi connectivity index (χ3n) is 5.84. The lowest BCUT2D eigenvalue weighted by molar-refractivity contribution is -0.123. The highest BCUT2D eigenvalue weighted by Gasteiger charge is 2.35. The van der Waals surface area contributed by atoms with Crippen LogP contribution in [0, 0.1) is 0 Å². The Morgan fingerprint density at radius 3 is 2.44 bits per heavy atom. The van der Waals surface area contributed by atoms with E-state index in [-0.39, 0.29) is 23.6 Å². The summed E-state index contributed by atoms with van der Waals surface area (Å²) in [6, 6.07) is 10.6. The molecule has 0 radical (unpaired) electrons. The zero-order valence-corrected chi connectivity index (χ0v) is 19.1. The van der Waals surface area contributed by atoms with E-state index in [1.54, 1.807) is 23.8 Å². The Kier molecular flexibility index (Phi) is 6.90. The molecule has 4 rings (SSSR count). The second-order valence-corrected chi connectivity index (χ2v) is 9.00. The molecular formula is C24H27N5O2S. The molecule has 32 heavy (non-hydrogen) atoms. The molecule has 0 saturated heterocycles. The molecule has 7 nitrogen and oxygen atoms in total. The number of carbonyl (C=O) groups is 2. The average Bonchev–Trinajstić information content (AvgIpc) is 3.52. The van der Waals surface area contributed by atoms with Crippen LogP contribution in [0.2, 0.25) is 0 Å². The third kappa shape index (κ3) is 4.85. The highest BCUT2D eigenvalue weighted by atomic mass is 32.1. The van der Waals surface area contributed by atoms with Gasteiger partial charge in [-0.3, -0.25) is 19.5 Å². The Bertz CT molecular complexity index is 1030. The first kappa shape index (κ1) is 22.1. The number of benzene rings is 1. The van der Waals surface area contributed by atoms with Gasteiger partial charge >= 0.3 is 0 Å². The van der Waals surface area contributed by atoms with Crippen molar-refractivity contribution in [1.29, 1.82) is 0 Å². The molecule has 0 unspecified atom stereocenters. The summed E-state index contributed by atoms with van der Waals surface area (Å²) in [7, 11) is 0. The van der Waals surface area contributed by atoms with Crippen LogP contribution in [0.15, 0.2) is 54.2 Å². The number of amides is 2. The van der Waals surface area contributed by atoms with E-state index in [4.69, 9.17) is 0 Å². The van der Waals surface area contributed by atoms with E-state index in [1.165, 1.54) is 4.90 Å². The number of hydrogen-bond donors (Lipinski definition) is 1. The monoisotopic (exact) mass is 449 g/mol. The van der Waals surface area contributed by atoms with Gasteiger partial charge in [0.25, 0.3) is 5.91 Å². The molecule has 1 N–H and O–H groups in total. The fraction of sp³-hybridized carbons (Fsp3) is 0.375. The maximum Gasteiger partial charge on any atom is 0.280 e. The summed E-state index contributed by atoms with van der Waals surface area (Å²) < 4.78 is 3.85. The van der Waals surface area contributed by atoms with Crippen LogP contribution in [0.5, 0.6) is 0 Å². The molecule has 2 heterocycles. The number of pyridine rings is 1. The molecule has 1 aliphatic carbocycles. The molecular weight excluding hydrogens is 422 g/mol. The lowest BCUT2D eigenvalue weighted by Gasteiger charge is -2.31. The number of aromatic nitrogens is 3. The largest absolute Gasteiger partial charge is 0.351 e. The number of carbonyl (C=O) groups excluding carboxylic acids is 2. The van der Waals surface area contributed by atoms with Crippen LogP contribution in [0.25, 0.3) is 0 Å². The molecule has 8 heteroatoms. The van der Waals surface area contributed by atoms with Gasteiger partial charge in [-0.15, -0.1) is 5.10 Å². The van der Waals surface area contributed by atoms with E-state index in [1.807, 2.05) is 30.3 Å². The molecule has 0 spiro atoms. The molecule has 2 amide bonds. The molecule has 1 fully saturated rings. The van der Waals surface area contributed by atoms with E-state index in [0.29, 0.717) is 17.2 Å². The van der Waals surface area contributed by atoms with Gasteiger partial charge in [0, 0.05) is 35.1 Å². The molecule has 0 aliphatic heterocycles. The molecule has 1 saturated carbocycles. The van der Waals surface area contributed by atoms with Gasteiger partial charge in [-0.25, -0.2) is 0 Å². The van der Waals surface area contributed by atoms with Gasteiger partial charge in [-0.05, 0) is 54.1 Å². The topological polar surface area (TPSA) is 88.1 Å². The van der Waals surface area contributed by atoms with Crippen molar-refractivity contribution in [3.05, 3.63) is 71.0 Å². The number of anilines is 1. The fourth-order valence-corrected chi connectivity index (χ4v) is 4.52. The predicted molar refractivity (Wildman–Crippen MR) is 125 cm³/mol. The van der Waals surface area contributed by atoms with Crippen LogP contribution < -0.4 is 10.2 Å². The van der Waals surface area contributed by atoms with E-state index < -0.39 is 6.04 Å². The van der Waals surface area contributed by atoms with Gasteiger partial charge in [-0.2, -0.15) is 0 Å². The van der Waals surface area contributed by atoms with E-state index >= 15 is 0 Å². The minimum absolute atomic E-state index is 0.128. The standard InChI is InChI=1S/C24H27N5O2S/c1-16(2)17-9-11-20(12-10-17)29(24(31)21-15-32-28-27-21)22(18-6-5-13-25-14-18)23(30)26-19-7-3-4-8-19/h5-6,9-16,19,22H,3-4,7-8H2,1-2H3,(H,26,30)/t22-/m1/s1. The maximum absolute atomic E-state index is 13.6. The Morgan fingerprint density at radius 2 is 1.84 bits per heavy atom. The summed E-state index contributed by atoms with van der Waals surface area (Å²) in [4.78, 5) is 32.9. The summed E-state index contributed by atoms with van der Waals surface area (Å²) in [6.45, 7) is 4.23. The molecule has 1 atom stereocenters. The van der Waals surface area contributed by atoms with Crippen molar-refractivity contribution in [2.45, 2.75) is 57.5 Å². The number of rotatable bonds is 7. The molecule has 1 aromatic carbocycles. The predicted octanol–water partition coefficient (Wildman–Crippen LogP) is 4.50. The van der Waals surface area contributed by atoms with Crippen LogP contribution in [0.3, 0.4) is 0 Å². The second kappa shape index (κ2) is 9.99. The lowest BCUT2D eigenvalue weighted by Crippen LogP contribution is -2.46. The van der Waals surface area contributed by atoms with Crippen molar-refractivity contribution >= 4 is 29.0 Å². The second-order valence-electron chi connectivity index (χ2n) is 8.39. The number of nitrogens with one attached hydrogen (secondary N) is 1. The highest BCUT2D eigenvalue weighted by molar-refractivity contribution is 7.03. The number of nitrogens with zero attached hydrogens (tertiary/aromatic N) is 4. The number of hydrogen-bond acceptors (Lipinski definition) is 6. The Hall–Kier alpha value is -3.13. The zero-order chi connectivity index (χ0) is 22.5. The minimum atomic E-state index is -0.872. The molecule has 1 aliphatic rings.